The summed E-state index contributed by atoms with van der Waals surface area (Å²) in [6.07, 6.45) is 1.75. The molecular weight excluding hydrogens is 480 g/mol. The highest BCUT2D eigenvalue weighted by atomic mass is 32.1. The summed E-state index contributed by atoms with van der Waals surface area (Å²) in [5.41, 5.74) is 4.21. The van der Waals surface area contributed by atoms with E-state index in [0.717, 1.165) is 32.2 Å². The van der Waals surface area contributed by atoms with Crippen LogP contribution in [0.5, 0.6) is 0 Å². The van der Waals surface area contributed by atoms with Crippen LogP contribution in [0.15, 0.2) is 109 Å². The third-order valence-electron chi connectivity index (χ3n) is 5.61. The fraction of sp³-hybridized carbons (Fsp3) is 0. The molecule has 8 heteroatoms. The summed E-state index contributed by atoms with van der Waals surface area (Å²) in [7, 11) is 0. The van der Waals surface area contributed by atoms with E-state index in [9.17, 15) is 4.79 Å². The van der Waals surface area contributed by atoms with Gasteiger partial charge in [-0.15, -0.1) is 0 Å². The molecule has 0 atom stereocenters. The molecule has 0 fully saturated rings. The van der Waals surface area contributed by atoms with Crippen molar-refractivity contribution >= 4 is 44.8 Å². The number of benzene rings is 3. The van der Waals surface area contributed by atoms with E-state index < -0.39 is 0 Å². The number of nitrogens with zero attached hydrogens (tertiary/aromatic N) is 4. The maximum Gasteiger partial charge on any atom is 0.274 e. The molecule has 178 valence electrons. The van der Waals surface area contributed by atoms with Gasteiger partial charge in [0.2, 0.25) is 0 Å². The second-order valence-corrected chi connectivity index (χ2v) is 9.14. The van der Waals surface area contributed by atoms with Crippen molar-refractivity contribution in [3.63, 3.8) is 0 Å². The van der Waals surface area contributed by atoms with Crippen LogP contribution in [0.3, 0.4) is 0 Å². The molecule has 1 amide bonds. The van der Waals surface area contributed by atoms with Gasteiger partial charge in [-0.3, -0.25) is 4.79 Å². The Hall–Kier alpha value is -4.95. The third kappa shape index (κ3) is 4.91. The third-order valence-corrected chi connectivity index (χ3v) is 6.62. The molecule has 6 rings (SSSR count). The van der Waals surface area contributed by atoms with E-state index in [2.05, 4.69) is 25.6 Å². The number of carbonyl (C=O) groups is 1. The van der Waals surface area contributed by atoms with Gasteiger partial charge < -0.3 is 10.6 Å². The van der Waals surface area contributed by atoms with Crippen LogP contribution < -0.4 is 10.6 Å². The van der Waals surface area contributed by atoms with E-state index in [1.165, 1.54) is 11.3 Å². The summed E-state index contributed by atoms with van der Waals surface area (Å²) in [5.74, 6) is 0.635. The summed E-state index contributed by atoms with van der Waals surface area (Å²) < 4.78 is 0. The predicted octanol–water partition coefficient (Wildman–Crippen LogP) is 6.81. The van der Waals surface area contributed by atoms with Gasteiger partial charge in [0.1, 0.15) is 26.9 Å². The number of thiazole rings is 1. The Morgan fingerprint density at radius 1 is 0.757 bits per heavy atom. The fourth-order valence-electron chi connectivity index (χ4n) is 3.86. The molecule has 37 heavy (non-hydrogen) atoms. The standard InChI is InChI=1S/C29H20N6OS/c36-27(33-22-15-8-7-14-21(22)28-34-23-16-9-17-30-29(23)37-28)24-18-25(31-20-12-5-2-6-13-20)35-26(32-24)19-10-3-1-4-11-19/h1-18H,(H,33,36)(H,31,32,35). The van der Waals surface area contributed by atoms with Gasteiger partial charge in [-0.05, 0) is 36.4 Å². The van der Waals surface area contributed by atoms with Gasteiger partial charge in [-0.1, -0.05) is 72.0 Å². The number of fused-ring (bicyclic) bond motifs is 1. The van der Waals surface area contributed by atoms with Crippen LogP contribution in [0.4, 0.5) is 17.2 Å². The molecule has 0 unspecified atom stereocenters. The number of aromatic nitrogens is 4. The first kappa shape index (κ1) is 22.5. The minimum Gasteiger partial charge on any atom is -0.340 e. The molecule has 6 aromatic rings. The SMILES string of the molecule is O=C(Nc1ccccc1-c1nc2cccnc2s1)c1cc(Nc2ccccc2)nc(-c2ccccc2)n1. The molecule has 0 radical (unpaired) electrons. The van der Waals surface area contributed by atoms with Crippen LogP contribution in [0.2, 0.25) is 0 Å². The number of hydrogen-bond acceptors (Lipinski definition) is 7. The number of anilines is 3. The first-order valence-corrected chi connectivity index (χ1v) is 12.4. The molecule has 0 spiro atoms. The van der Waals surface area contributed by atoms with Gasteiger partial charge in [0, 0.05) is 29.1 Å². The molecule has 0 aliphatic heterocycles. The fourth-order valence-corrected chi connectivity index (χ4v) is 4.81. The molecule has 3 aromatic heterocycles. The second kappa shape index (κ2) is 9.96. The van der Waals surface area contributed by atoms with E-state index in [1.54, 1.807) is 12.3 Å². The summed E-state index contributed by atoms with van der Waals surface area (Å²) in [6, 6.07) is 32.3. The summed E-state index contributed by atoms with van der Waals surface area (Å²) in [4.78, 5) is 32.7. The van der Waals surface area contributed by atoms with Gasteiger partial charge in [-0.25, -0.2) is 19.9 Å². The van der Waals surface area contributed by atoms with Gasteiger partial charge in [-0.2, -0.15) is 0 Å². The highest BCUT2D eigenvalue weighted by Gasteiger charge is 2.17. The van der Waals surface area contributed by atoms with Crippen molar-refractivity contribution in [2.45, 2.75) is 0 Å². The number of carbonyl (C=O) groups excluding carboxylic acids is 1. The topological polar surface area (TPSA) is 92.7 Å². The number of pyridine rings is 1. The van der Waals surface area contributed by atoms with Crippen LogP contribution in [-0.4, -0.2) is 25.8 Å². The lowest BCUT2D eigenvalue weighted by Gasteiger charge is -2.12. The number of hydrogen-bond donors (Lipinski definition) is 2. The van der Waals surface area contributed by atoms with Crippen LogP contribution >= 0.6 is 11.3 Å². The number of amides is 1. The van der Waals surface area contributed by atoms with Crippen molar-refractivity contribution in [2.24, 2.45) is 0 Å². The smallest absolute Gasteiger partial charge is 0.274 e. The first-order valence-electron chi connectivity index (χ1n) is 11.6. The molecule has 0 saturated carbocycles. The monoisotopic (exact) mass is 500 g/mol. The van der Waals surface area contributed by atoms with Crippen molar-refractivity contribution in [1.82, 2.24) is 19.9 Å². The lowest BCUT2D eigenvalue weighted by molar-refractivity contribution is 0.102. The van der Waals surface area contributed by atoms with Crippen molar-refractivity contribution in [3.05, 3.63) is 115 Å². The molecule has 0 aliphatic rings. The molecule has 3 heterocycles. The number of rotatable bonds is 6. The zero-order valence-corrected chi connectivity index (χ0v) is 20.3. The minimum absolute atomic E-state index is 0.244. The normalized spacial score (nSPS) is 10.8. The van der Waals surface area contributed by atoms with Crippen LogP contribution in [0, 0.1) is 0 Å². The average Bonchev–Trinajstić information content (AvgIpc) is 3.38. The van der Waals surface area contributed by atoms with Crippen LogP contribution in [0.25, 0.3) is 32.3 Å². The lowest BCUT2D eigenvalue weighted by atomic mass is 10.1. The molecule has 7 nitrogen and oxygen atoms in total. The van der Waals surface area contributed by atoms with Crippen molar-refractivity contribution in [1.29, 1.82) is 0 Å². The Morgan fingerprint density at radius 3 is 2.32 bits per heavy atom. The number of para-hydroxylation sites is 2. The minimum atomic E-state index is -0.345. The zero-order chi connectivity index (χ0) is 25.0. The molecular formula is C29H20N6OS. The lowest BCUT2D eigenvalue weighted by Crippen LogP contribution is -2.16. The highest BCUT2D eigenvalue weighted by molar-refractivity contribution is 7.21. The zero-order valence-electron chi connectivity index (χ0n) is 19.5. The van der Waals surface area contributed by atoms with Crippen LogP contribution in [-0.2, 0) is 0 Å². The van der Waals surface area contributed by atoms with E-state index in [4.69, 9.17) is 4.98 Å². The van der Waals surface area contributed by atoms with E-state index in [0.29, 0.717) is 17.3 Å². The van der Waals surface area contributed by atoms with E-state index in [-0.39, 0.29) is 11.6 Å². The van der Waals surface area contributed by atoms with Crippen LogP contribution in [0.1, 0.15) is 10.5 Å². The van der Waals surface area contributed by atoms with Crippen molar-refractivity contribution < 1.29 is 4.79 Å². The Balaban J connectivity index is 1.36. The maximum absolute atomic E-state index is 13.5. The maximum atomic E-state index is 13.5. The van der Waals surface area contributed by atoms with Crippen molar-refractivity contribution in [3.8, 4) is 22.0 Å². The Labute approximate surface area is 216 Å². The van der Waals surface area contributed by atoms with Gasteiger partial charge in [0.05, 0.1) is 5.69 Å². The Kier molecular flexibility index (Phi) is 6.06. The second-order valence-electron chi connectivity index (χ2n) is 8.17. The highest BCUT2D eigenvalue weighted by Crippen LogP contribution is 2.34. The Morgan fingerprint density at radius 2 is 1.51 bits per heavy atom. The molecule has 2 N–H and O–H groups in total. The Bertz CT molecular complexity index is 1670. The molecule has 3 aromatic carbocycles. The van der Waals surface area contributed by atoms with Crippen molar-refractivity contribution in [2.75, 3.05) is 10.6 Å². The number of nitrogens with one attached hydrogen (secondary N) is 2. The molecule has 0 bridgehead atoms. The van der Waals surface area contributed by atoms with E-state index in [1.807, 2.05) is 97.1 Å². The largest absolute Gasteiger partial charge is 0.340 e. The average molecular weight is 501 g/mol. The van der Waals surface area contributed by atoms with Gasteiger partial charge in [0.25, 0.3) is 5.91 Å². The van der Waals surface area contributed by atoms with E-state index >= 15 is 0 Å². The summed E-state index contributed by atoms with van der Waals surface area (Å²) in [6.45, 7) is 0. The van der Waals surface area contributed by atoms with Gasteiger partial charge in [0.15, 0.2) is 5.82 Å². The first-order chi connectivity index (χ1) is 18.2. The summed E-state index contributed by atoms with van der Waals surface area (Å²) in [5, 5.41) is 7.09. The quantitative estimate of drug-likeness (QED) is 0.261. The van der Waals surface area contributed by atoms with Gasteiger partial charge >= 0.3 is 0 Å². The molecule has 0 aliphatic carbocycles. The predicted molar refractivity (Wildman–Crippen MR) is 148 cm³/mol. The molecule has 0 saturated heterocycles. The summed E-state index contributed by atoms with van der Waals surface area (Å²) >= 11 is 1.48.